The fourth-order valence-corrected chi connectivity index (χ4v) is 13.7. The van der Waals surface area contributed by atoms with E-state index >= 15 is 0 Å². The quantitative estimate of drug-likeness (QED) is 0.142. The van der Waals surface area contributed by atoms with E-state index in [0.29, 0.717) is 11.8 Å². The Hall–Kier alpha value is -7.56. The van der Waals surface area contributed by atoms with E-state index in [0.717, 1.165) is 67.2 Å². The van der Waals surface area contributed by atoms with E-state index in [-0.39, 0.29) is 10.8 Å². The number of nitrogens with zero attached hydrogens (tertiary/aromatic N) is 2. The summed E-state index contributed by atoms with van der Waals surface area (Å²) in [5.74, 6) is 1.05. The molecule has 0 spiro atoms. The van der Waals surface area contributed by atoms with Crippen LogP contribution in [0.15, 0.2) is 179 Å². The first kappa shape index (κ1) is 46.9. The van der Waals surface area contributed by atoms with Crippen molar-refractivity contribution in [3.63, 3.8) is 0 Å². The van der Waals surface area contributed by atoms with Gasteiger partial charge < -0.3 is 18.6 Å². The standard InChI is InChI=1S/C72H68N2O2/c1-71(2,3)49-33-37-51(38-34-49)73(63-27-15-25-57-55-23-13-21-53(67(55)75-69(57)63)45-17-9-7-10-18-45)61-43-31-47-30-42-60-62(44-32-48-29-41-59(61)65(47)66(48)60)74(52-39-35-50(36-40-52)72(4,5)6)64-28-16-26-58-56-24-14-22-54(68(56)76-70(58)64)46-19-11-8-12-20-46/h13-16,21-46H,7-12,17-20H2,1-6H3. The molecule has 0 bridgehead atoms. The zero-order valence-electron chi connectivity index (χ0n) is 45.1. The van der Waals surface area contributed by atoms with Crippen molar-refractivity contribution in [2.75, 3.05) is 9.80 Å². The van der Waals surface area contributed by atoms with Crippen LogP contribution >= 0.6 is 0 Å². The van der Waals surface area contributed by atoms with E-state index in [4.69, 9.17) is 8.83 Å². The highest BCUT2D eigenvalue weighted by Gasteiger charge is 2.29. The Morgan fingerprint density at radius 1 is 0.329 bits per heavy atom. The smallest absolute Gasteiger partial charge is 0.159 e. The van der Waals surface area contributed by atoms with Crippen molar-refractivity contribution in [3.05, 3.63) is 192 Å². The molecule has 2 saturated carbocycles. The van der Waals surface area contributed by atoms with E-state index in [1.54, 1.807) is 0 Å². The zero-order valence-corrected chi connectivity index (χ0v) is 45.1. The van der Waals surface area contributed by atoms with Crippen molar-refractivity contribution in [1.82, 2.24) is 0 Å². The van der Waals surface area contributed by atoms with E-state index in [2.05, 4.69) is 221 Å². The van der Waals surface area contributed by atoms with E-state index in [1.165, 1.54) is 130 Å². The van der Waals surface area contributed by atoms with Gasteiger partial charge in [0.05, 0.1) is 22.7 Å². The summed E-state index contributed by atoms with van der Waals surface area (Å²) in [4.78, 5) is 4.94. The lowest BCUT2D eigenvalue weighted by molar-refractivity contribution is 0.442. The highest BCUT2D eigenvalue weighted by atomic mass is 16.3. The van der Waals surface area contributed by atoms with Gasteiger partial charge in [0, 0.05) is 43.7 Å². The van der Waals surface area contributed by atoms with Crippen LogP contribution in [-0.2, 0) is 10.8 Å². The second-order valence-electron chi connectivity index (χ2n) is 24.5. The first-order valence-corrected chi connectivity index (χ1v) is 28.4. The molecular weight excluding hydrogens is 925 g/mol. The molecule has 0 aliphatic heterocycles. The first-order chi connectivity index (χ1) is 37.0. The summed E-state index contributed by atoms with van der Waals surface area (Å²) >= 11 is 0. The number of para-hydroxylation sites is 4. The summed E-state index contributed by atoms with van der Waals surface area (Å²) in [5, 5.41) is 12.0. The number of hydrogen-bond acceptors (Lipinski definition) is 4. The maximum absolute atomic E-state index is 7.28. The van der Waals surface area contributed by atoms with Crippen molar-refractivity contribution in [2.45, 2.75) is 128 Å². The SMILES string of the molecule is CC(C)(C)c1ccc(N(c2ccc3ccc4c(N(c5ccc(C(C)(C)C)cc5)c5cccc6c5oc5c(C7CCCCC7)cccc56)ccc5ccc2c3c54)c2cccc3c2oc2c(C4CCCCC4)cccc23)cc1. The predicted molar refractivity (Wildman–Crippen MR) is 323 cm³/mol. The molecule has 12 aromatic rings. The molecule has 4 heteroatoms. The van der Waals surface area contributed by atoms with Crippen LogP contribution in [0.2, 0.25) is 0 Å². The summed E-state index contributed by atoms with van der Waals surface area (Å²) < 4.78 is 14.6. The predicted octanol–water partition coefficient (Wildman–Crippen LogP) is 22.0. The molecule has 10 aromatic carbocycles. The van der Waals surface area contributed by atoms with Gasteiger partial charge in [-0.1, -0.05) is 201 Å². The Bertz CT molecular complexity index is 3880. The number of furan rings is 2. The van der Waals surface area contributed by atoms with Crippen molar-refractivity contribution in [1.29, 1.82) is 0 Å². The minimum atomic E-state index is 0.0126. The molecular formula is C72H68N2O2. The maximum atomic E-state index is 7.28. The van der Waals surface area contributed by atoms with Gasteiger partial charge in [0.2, 0.25) is 0 Å². The second kappa shape index (κ2) is 18.0. The third kappa shape index (κ3) is 7.68. The third-order valence-electron chi connectivity index (χ3n) is 17.7. The summed E-state index contributed by atoms with van der Waals surface area (Å²) in [6, 6.07) is 64.4. The average molecular weight is 993 g/mol. The molecule has 2 aromatic heterocycles. The van der Waals surface area contributed by atoms with Crippen LogP contribution in [-0.4, -0.2) is 0 Å². The lowest BCUT2D eigenvalue weighted by atomic mass is 9.83. The zero-order chi connectivity index (χ0) is 51.5. The van der Waals surface area contributed by atoms with Crippen LogP contribution in [0, 0.1) is 0 Å². The third-order valence-corrected chi connectivity index (χ3v) is 17.7. The van der Waals surface area contributed by atoms with Gasteiger partial charge in [0.15, 0.2) is 11.2 Å². The van der Waals surface area contributed by atoms with Crippen molar-refractivity contribution in [2.24, 2.45) is 0 Å². The Morgan fingerprint density at radius 3 is 1.07 bits per heavy atom. The van der Waals surface area contributed by atoms with Crippen LogP contribution in [0.3, 0.4) is 0 Å². The minimum Gasteiger partial charge on any atom is -0.454 e. The van der Waals surface area contributed by atoms with Gasteiger partial charge in [-0.2, -0.15) is 0 Å². The van der Waals surface area contributed by atoms with Gasteiger partial charge in [0.25, 0.3) is 0 Å². The Balaban J connectivity index is 0.994. The number of benzene rings is 10. The highest BCUT2D eigenvalue weighted by molar-refractivity contribution is 6.29. The molecule has 2 fully saturated rings. The van der Waals surface area contributed by atoms with Gasteiger partial charge >= 0.3 is 0 Å². The molecule has 378 valence electrons. The van der Waals surface area contributed by atoms with Crippen molar-refractivity contribution >= 4 is 110 Å². The molecule has 2 aliphatic carbocycles. The van der Waals surface area contributed by atoms with Gasteiger partial charge in [-0.25, -0.2) is 0 Å². The summed E-state index contributed by atoms with van der Waals surface area (Å²) in [6.45, 7) is 13.8. The molecule has 0 radical (unpaired) electrons. The van der Waals surface area contributed by atoms with E-state index < -0.39 is 0 Å². The first-order valence-electron chi connectivity index (χ1n) is 28.4. The molecule has 0 N–H and O–H groups in total. The highest BCUT2D eigenvalue weighted by Crippen LogP contribution is 2.52. The van der Waals surface area contributed by atoms with Crippen molar-refractivity contribution in [3.8, 4) is 0 Å². The monoisotopic (exact) mass is 993 g/mol. The van der Waals surface area contributed by atoms with E-state index in [9.17, 15) is 0 Å². The van der Waals surface area contributed by atoms with Crippen LogP contribution in [0.4, 0.5) is 34.1 Å². The van der Waals surface area contributed by atoms with Gasteiger partial charge in [0.1, 0.15) is 11.2 Å². The summed E-state index contributed by atoms with van der Waals surface area (Å²) in [6.07, 6.45) is 12.6. The molecule has 0 unspecified atom stereocenters. The molecule has 14 rings (SSSR count). The van der Waals surface area contributed by atoms with Gasteiger partial charge in [-0.3, -0.25) is 0 Å². The van der Waals surface area contributed by atoms with Crippen molar-refractivity contribution < 1.29 is 8.83 Å². The lowest BCUT2D eigenvalue weighted by Crippen LogP contribution is -2.14. The van der Waals surface area contributed by atoms with Crippen LogP contribution in [0.1, 0.15) is 140 Å². The molecule has 76 heavy (non-hydrogen) atoms. The lowest BCUT2D eigenvalue weighted by Gasteiger charge is -2.30. The number of rotatable bonds is 8. The topological polar surface area (TPSA) is 32.8 Å². The van der Waals surface area contributed by atoms with Crippen LogP contribution in [0.25, 0.3) is 76.2 Å². The second-order valence-corrected chi connectivity index (χ2v) is 24.5. The Morgan fingerprint density at radius 2 is 0.684 bits per heavy atom. The van der Waals surface area contributed by atoms with Crippen LogP contribution in [0.5, 0.6) is 0 Å². The normalized spacial score (nSPS) is 15.4. The van der Waals surface area contributed by atoms with Crippen LogP contribution < -0.4 is 9.80 Å². The number of anilines is 6. The van der Waals surface area contributed by atoms with E-state index in [1.807, 2.05) is 0 Å². The molecule has 2 aliphatic rings. The fraction of sp³-hybridized carbons (Fsp3) is 0.278. The average Bonchev–Trinajstić information content (AvgIpc) is 4.18. The largest absolute Gasteiger partial charge is 0.454 e. The molecule has 0 atom stereocenters. The Kier molecular flexibility index (Phi) is 11.1. The van der Waals surface area contributed by atoms with Gasteiger partial charge in [-0.05, 0) is 141 Å². The fourth-order valence-electron chi connectivity index (χ4n) is 13.7. The number of hydrogen-bond donors (Lipinski definition) is 0. The molecule has 4 nitrogen and oxygen atoms in total. The Labute approximate surface area is 447 Å². The molecule has 0 saturated heterocycles. The van der Waals surface area contributed by atoms with Gasteiger partial charge in [-0.15, -0.1) is 0 Å². The molecule has 2 heterocycles. The number of fused-ring (bicyclic) bond motifs is 6. The minimum absolute atomic E-state index is 0.0126. The summed E-state index contributed by atoms with van der Waals surface area (Å²) in [7, 11) is 0. The summed E-state index contributed by atoms with van der Waals surface area (Å²) in [5.41, 5.74) is 15.8. The molecule has 0 amide bonds. The maximum Gasteiger partial charge on any atom is 0.159 e.